The van der Waals surface area contributed by atoms with Crippen LogP contribution < -0.4 is 0 Å². The first-order valence-corrected chi connectivity index (χ1v) is 6.19. The molecule has 0 fully saturated rings. The van der Waals surface area contributed by atoms with E-state index in [1.54, 1.807) is 32.3 Å². The highest BCUT2D eigenvalue weighted by atomic mass is 32.2. The summed E-state index contributed by atoms with van der Waals surface area (Å²) in [6, 6.07) is 0. The Morgan fingerprint density at radius 2 is 2.12 bits per heavy atom. The second-order valence-electron chi connectivity index (χ2n) is 4.13. The summed E-state index contributed by atoms with van der Waals surface area (Å²) in [7, 11) is -1.02. The molecule has 0 saturated carbocycles. The van der Waals surface area contributed by atoms with E-state index in [2.05, 4.69) is 4.79 Å². The molecule has 0 atom stereocenters. The molecular formula is C9H13N3O3S. The van der Waals surface area contributed by atoms with Crippen molar-refractivity contribution in [3.05, 3.63) is 29.5 Å². The number of likely N-dealkylation sites (N-methyl/N-ethyl adjacent to an activating group) is 1. The van der Waals surface area contributed by atoms with Gasteiger partial charge in [0.05, 0.1) is 20.5 Å². The molecule has 0 aromatic rings. The Bertz CT molecular complexity index is 496. The number of quaternary nitrogens is 1. The van der Waals surface area contributed by atoms with Crippen LogP contribution >= 0.6 is 0 Å². The monoisotopic (exact) mass is 243 g/mol. The van der Waals surface area contributed by atoms with Crippen molar-refractivity contribution >= 4 is 15.8 Å². The van der Waals surface area contributed by atoms with Crippen LogP contribution in [0, 0.1) is 0 Å². The van der Waals surface area contributed by atoms with Gasteiger partial charge >= 0.3 is 0 Å². The van der Waals surface area contributed by atoms with Crippen LogP contribution in [0.25, 0.3) is 5.53 Å². The van der Waals surface area contributed by atoms with Crippen LogP contribution in [0.15, 0.2) is 23.9 Å². The molecule has 0 heterocycles. The lowest BCUT2D eigenvalue weighted by atomic mass is 10.1. The van der Waals surface area contributed by atoms with Crippen LogP contribution in [-0.2, 0) is 10.1 Å². The van der Waals surface area contributed by atoms with E-state index in [-0.39, 0.29) is 4.48 Å². The third-order valence-electron chi connectivity index (χ3n) is 2.28. The first-order chi connectivity index (χ1) is 7.24. The number of rotatable bonds is 3. The molecule has 0 aliphatic heterocycles. The Morgan fingerprint density at radius 3 is 2.50 bits per heavy atom. The van der Waals surface area contributed by atoms with Crippen molar-refractivity contribution in [1.29, 1.82) is 0 Å². The summed E-state index contributed by atoms with van der Waals surface area (Å²) in [4.78, 5) is 3.04. The van der Waals surface area contributed by atoms with E-state index < -0.39 is 16.0 Å². The second kappa shape index (κ2) is 4.31. The van der Waals surface area contributed by atoms with Crippen LogP contribution in [0.1, 0.15) is 6.42 Å². The van der Waals surface area contributed by atoms with Crippen molar-refractivity contribution in [2.24, 2.45) is 0 Å². The van der Waals surface area contributed by atoms with Gasteiger partial charge in [0, 0.05) is 12.2 Å². The maximum absolute atomic E-state index is 10.7. The molecule has 0 spiro atoms. The Labute approximate surface area is 94.5 Å². The van der Waals surface area contributed by atoms with Crippen molar-refractivity contribution in [3.63, 3.8) is 0 Å². The average molecular weight is 243 g/mol. The molecule has 6 nitrogen and oxygen atoms in total. The third kappa shape index (κ3) is 3.39. The Morgan fingerprint density at radius 1 is 1.50 bits per heavy atom. The second-order valence-corrected chi connectivity index (χ2v) is 5.50. The Kier molecular flexibility index (Phi) is 3.44. The lowest BCUT2D eigenvalue weighted by Gasteiger charge is -2.31. The number of hydrogen-bond acceptors (Lipinski definition) is 3. The standard InChI is InChI=1S/C9H13N3O3S/c1-12(2,7-16(13,14)15)9-5-3-8(11-10)4-6-9/h3,5-6H,4,7H2,1-2H3. The molecule has 88 valence electrons. The van der Waals surface area contributed by atoms with Gasteiger partial charge in [-0.15, -0.1) is 0 Å². The van der Waals surface area contributed by atoms with E-state index >= 15 is 0 Å². The predicted octanol–water partition coefficient (Wildman–Crippen LogP) is 0.0801. The van der Waals surface area contributed by atoms with Crippen molar-refractivity contribution < 1.29 is 22.2 Å². The van der Waals surface area contributed by atoms with Crippen LogP contribution in [0.4, 0.5) is 0 Å². The van der Waals surface area contributed by atoms with Gasteiger partial charge in [-0.25, -0.2) is 8.42 Å². The van der Waals surface area contributed by atoms with Crippen molar-refractivity contribution in [3.8, 4) is 0 Å². The SMILES string of the molecule is C[N+](C)(CS(=O)(=O)[O-])C1=CCC(=[N+]=[N-])C=C1. The summed E-state index contributed by atoms with van der Waals surface area (Å²) in [5.41, 5.74) is 9.72. The highest BCUT2D eigenvalue weighted by Gasteiger charge is 2.25. The Hall–Kier alpha value is -1.27. The van der Waals surface area contributed by atoms with E-state index in [9.17, 15) is 13.0 Å². The lowest BCUT2D eigenvalue weighted by Crippen LogP contribution is -2.42. The lowest BCUT2D eigenvalue weighted by molar-refractivity contribution is -0.837. The summed E-state index contributed by atoms with van der Waals surface area (Å²) in [6.07, 6.45) is 5.39. The molecule has 0 aromatic heterocycles. The zero-order chi connectivity index (χ0) is 12.4. The Balaban J connectivity index is 2.92. The fourth-order valence-corrected chi connectivity index (χ4v) is 2.46. The van der Waals surface area contributed by atoms with Crippen LogP contribution in [0.2, 0.25) is 0 Å². The highest BCUT2D eigenvalue weighted by molar-refractivity contribution is 7.85. The predicted molar refractivity (Wildman–Crippen MR) is 57.1 cm³/mol. The molecule has 0 saturated heterocycles. The summed E-state index contributed by atoms with van der Waals surface area (Å²) >= 11 is 0. The van der Waals surface area contributed by atoms with Gasteiger partial charge in [-0.1, -0.05) is 0 Å². The topological polar surface area (TPSA) is 93.6 Å². The molecule has 0 radical (unpaired) electrons. The van der Waals surface area contributed by atoms with Crippen LogP contribution in [-0.4, -0.2) is 47.9 Å². The largest absolute Gasteiger partial charge is 0.744 e. The minimum Gasteiger partial charge on any atom is -0.744 e. The highest BCUT2D eigenvalue weighted by Crippen LogP contribution is 2.18. The minimum atomic E-state index is -4.28. The zero-order valence-electron chi connectivity index (χ0n) is 9.12. The molecule has 1 aliphatic carbocycles. The van der Waals surface area contributed by atoms with Crippen LogP contribution in [0.5, 0.6) is 0 Å². The molecule has 0 amide bonds. The van der Waals surface area contributed by atoms with E-state index in [0.717, 1.165) is 0 Å². The van der Waals surface area contributed by atoms with Crippen molar-refractivity contribution in [2.75, 3.05) is 20.0 Å². The number of nitrogens with zero attached hydrogens (tertiary/aromatic N) is 3. The zero-order valence-corrected chi connectivity index (χ0v) is 9.94. The van der Waals surface area contributed by atoms with Gasteiger partial charge in [0.1, 0.15) is 15.8 Å². The quantitative estimate of drug-likeness (QED) is 0.304. The van der Waals surface area contributed by atoms with Gasteiger partial charge in [0.25, 0.3) is 5.71 Å². The molecule has 0 aromatic carbocycles. The smallest absolute Gasteiger partial charge is 0.296 e. The number of allylic oxidation sites excluding steroid dienone is 3. The van der Waals surface area contributed by atoms with Gasteiger partial charge in [0.2, 0.25) is 0 Å². The number of hydrogen-bond donors (Lipinski definition) is 0. The van der Waals surface area contributed by atoms with Crippen LogP contribution in [0.3, 0.4) is 0 Å². The van der Waals surface area contributed by atoms with E-state index in [4.69, 9.17) is 5.53 Å². The van der Waals surface area contributed by atoms with Gasteiger partial charge < -0.3 is 10.1 Å². The maximum Gasteiger partial charge on any atom is 0.296 e. The average Bonchev–Trinajstić information content (AvgIpc) is 2.14. The van der Waals surface area contributed by atoms with Gasteiger partial charge in [-0.2, -0.15) is 4.79 Å². The fourth-order valence-electron chi connectivity index (χ4n) is 1.52. The molecule has 16 heavy (non-hydrogen) atoms. The molecule has 0 unspecified atom stereocenters. The fraction of sp³-hybridized carbons (Fsp3) is 0.444. The first kappa shape index (κ1) is 12.8. The molecule has 1 rings (SSSR count). The normalized spacial score (nSPS) is 16.9. The summed E-state index contributed by atoms with van der Waals surface area (Å²) < 4.78 is 32.1. The van der Waals surface area contributed by atoms with Gasteiger partial charge in [0.15, 0.2) is 5.88 Å². The molecule has 0 N–H and O–H groups in total. The van der Waals surface area contributed by atoms with E-state index in [1.165, 1.54) is 0 Å². The van der Waals surface area contributed by atoms with Gasteiger partial charge in [-0.3, -0.25) is 4.48 Å². The summed E-state index contributed by atoms with van der Waals surface area (Å²) in [6.45, 7) is 0. The molecule has 0 bridgehead atoms. The minimum absolute atomic E-state index is 0.0406. The third-order valence-corrected chi connectivity index (χ3v) is 3.24. The van der Waals surface area contributed by atoms with E-state index in [1.807, 2.05) is 0 Å². The molecule has 1 aliphatic rings. The molecular weight excluding hydrogens is 230 g/mol. The molecule has 7 heteroatoms. The van der Waals surface area contributed by atoms with Gasteiger partial charge in [-0.05, 0) is 6.08 Å². The summed E-state index contributed by atoms with van der Waals surface area (Å²) in [5, 5.41) is 0. The van der Waals surface area contributed by atoms with Crippen molar-refractivity contribution in [2.45, 2.75) is 6.42 Å². The maximum atomic E-state index is 10.7. The summed E-state index contributed by atoms with van der Waals surface area (Å²) in [5.74, 6) is -0.505. The van der Waals surface area contributed by atoms with E-state index in [0.29, 0.717) is 17.8 Å². The van der Waals surface area contributed by atoms with Crippen molar-refractivity contribution in [1.82, 2.24) is 0 Å². The first-order valence-electron chi connectivity index (χ1n) is 4.61.